The maximum Gasteiger partial charge on any atom is 0.233 e. The van der Waals surface area contributed by atoms with Gasteiger partial charge in [0.2, 0.25) is 5.91 Å². The molecule has 4 nitrogen and oxygen atoms in total. The zero-order chi connectivity index (χ0) is 9.40. The van der Waals surface area contributed by atoms with E-state index in [2.05, 4.69) is 24.3 Å². The van der Waals surface area contributed by atoms with E-state index in [1.165, 1.54) is 0 Å². The van der Waals surface area contributed by atoms with Crippen molar-refractivity contribution < 1.29 is 4.79 Å². The molecule has 0 rings (SSSR count). The van der Waals surface area contributed by atoms with Gasteiger partial charge in [-0.05, 0) is 33.0 Å². The molecule has 0 aliphatic rings. The number of carbonyl (C=O) groups excluding carboxylic acids is 1. The van der Waals surface area contributed by atoms with Crippen LogP contribution in [-0.2, 0) is 4.79 Å². The second kappa shape index (κ2) is 7.06. The van der Waals surface area contributed by atoms with Crippen LogP contribution >= 0.6 is 0 Å². The van der Waals surface area contributed by atoms with Gasteiger partial charge in [0.15, 0.2) is 0 Å². The monoisotopic (exact) mass is 173 g/mol. The molecule has 0 heterocycles. The Morgan fingerprint density at radius 3 is 2.67 bits per heavy atom. The van der Waals surface area contributed by atoms with E-state index in [4.69, 9.17) is 5.84 Å². The van der Waals surface area contributed by atoms with Crippen molar-refractivity contribution in [2.45, 2.75) is 26.2 Å². The molecule has 0 unspecified atom stereocenters. The molecule has 0 aromatic rings. The van der Waals surface area contributed by atoms with E-state index in [1.54, 1.807) is 0 Å². The highest BCUT2D eigenvalue weighted by Gasteiger charge is 1.99. The summed E-state index contributed by atoms with van der Waals surface area (Å²) in [5.41, 5.74) is 2.11. The van der Waals surface area contributed by atoms with Crippen LogP contribution in [0.5, 0.6) is 0 Å². The quantitative estimate of drug-likeness (QED) is 0.340. The lowest BCUT2D eigenvalue weighted by Crippen LogP contribution is -2.30. The number of amides is 1. The summed E-state index contributed by atoms with van der Waals surface area (Å²) in [7, 11) is 2.06. The van der Waals surface area contributed by atoms with Crippen LogP contribution in [0.15, 0.2) is 0 Å². The van der Waals surface area contributed by atoms with Crippen LogP contribution in [-0.4, -0.2) is 30.9 Å². The van der Waals surface area contributed by atoms with Crippen LogP contribution in [0, 0.1) is 0 Å². The normalized spacial score (nSPS) is 10.3. The Balaban J connectivity index is 3.24. The van der Waals surface area contributed by atoms with Crippen LogP contribution in [0.1, 0.15) is 26.2 Å². The van der Waals surface area contributed by atoms with E-state index in [0.29, 0.717) is 6.42 Å². The summed E-state index contributed by atoms with van der Waals surface area (Å²) in [6.07, 6.45) is 2.55. The molecule has 0 saturated heterocycles. The Morgan fingerprint density at radius 2 is 2.17 bits per heavy atom. The van der Waals surface area contributed by atoms with Gasteiger partial charge in [0.25, 0.3) is 0 Å². The molecule has 0 aliphatic heterocycles. The van der Waals surface area contributed by atoms with Crippen LogP contribution in [0.2, 0.25) is 0 Å². The van der Waals surface area contributed by atoms with Gasteiger partial charge < -0.3 is 4.90 Å². The number of hydrazine groups is 1. The fraction of sp³-hybridized carbons (Fsp3) is 0.875. The molecule has 72 valence electrons. The number of hydrogen-bond donors (Lipinski definition) is 2. The third-order valence-corrected chi connectivity index (χ3v) is 1.71. The Kier molecular flexibility index (Phi) is 6.70. The summed E-state index contributed by atoms with van der Waals surface area (Å²) in [6, 6.07) is 0. The predicted molar refractivity (Wildman–Crippen MR) is 49.4 cm³/mol. The highest BCUT2D eigenvalue weighted by molar-refractivity contribution is 5.75. The molecule has 1 amide bonds. The van der Waals surface area contributed by atoms with Crippen LogP contribution in [0.4, 0.5) is 0 Å². The Bertz CT molecular complexity index is 127. The molecular weight excluding hydrogens is 154 g/mol. The van der Waals surface area contributed by atoms with Crippen LogP contribution < -0.4 is 11.3 Å². The highest BCUT2D eigenvalue weighted by Crippen LogP contribution is 1.93. The standard InChI is InChI=1S/C8H19N3O/c1-3-6-11(2)7-4-5-8(12)10-9/h3-7,9H2,1-2H3,(H,10,12). The Labute approximate surface area is 74.1 Å². The van der Waals surface area contributed by atoms with Crippen LogP contribution in [0.25, 0.3) is 0 Å². The second-order valence-electron chi connectivity index (χ2n) is 2.97. The minimum Gasteiger partial charge on any atom is -0.306 e. The van der Waals surface area contributed by atoms with Crippen molar-refractivity contribution in [2.75, 3.05) is 20.1 Å². The van der Waals surface area contributed by atoms with Crippen molar-refractivity contribution in [1.82, 2.24) is 10.3 Å². The Hall–Kier alpha value is -0.610. The lowest BCUT2D eigenvalue weighted by Gasteiger charge is -2.14. The number of rotatable bonds is 6. The first-order valence-corrected chi connectivity index (χ1v) is 4.38. The molecule has 0 aromatic heterocycles. The summed E-state index contributed by atoms with van der Waals surface area (Å²) in [4.78, 5) is 12.9. The summed E-state index contributed by atoms with van der Waals surface area (Å²) in [5, 5.41) is 0. The molecule has 12 heavy (non-hydrogen) atoms. The molecule has 0 radical (unpaired) electrons. The van der Waals surface area contributed by atoms with Gasteiger partial charge in [-0.15, -0.1) is 0 Å². The van der Waals surface area contributed by atoms with Gasteiger partial charge in [-0.2, -0.15) is 0 Å². The van der Waals surface area contributed by atoms with Gasteiger partial charge in [-0.3, -0.25) is 10.2 Å². The van der Waals surface area contributed by atoms with Crippen LogP contribution in [0.3, 0.4) is 0 Å². The van der Waals surface area contributed by atoms with Gasteiger partial charge in [-0.25, -0.2) is 5.84 Å². The number of nitrogens with one attached hydrogen (secondary N) is 1. The van der Waals surface area contributed by atoms with Crippen molar-refractivity contribution in [3.8, 4) is 0 Å². The highest BCUT2D eigenvalue weighted by atomic mass is 16.2. The van der Waals surface area contributed by atoms with E-state index in [0.717, 1.165) is 25.9 Å². The average Bonchev–Trinajstić information content (AvgIpc) is 2.04. The molecule has 0 bridgehead atoms. The average molecular weight is 173 g/mol. The van der Waals surface area contributed by atoms with E-state index < -0.39 is 0 Å². The third kappa shape index (κ3) is 6.12. The summed E-state index contributed by atoms with van der Waals surface area (Å²) in [5.74, 6) is 4.85. The fourth-order valence-electron chi connectivity index (χ4n) is 1.08. The maximum absolute atomic E-state index is 10.7. The van der Waals surface area contributed by atoms with Crippen molar-refractivity contribution >= 4 is 5.91 Å². The molecule has 0 aromatic carbocycles. The van der Waals surface area contributed by atoms with Gasteiger partial charge in [-0.1, -0.05) is 6.92 Å². The van der Waals surface area contributed by atoms with Gasteiger partial charge in [0, 0.05) is 6.42 Å². The summed E-state index contributed by atoms with van der Waals surface area (Å²) >= 11 is 0. The van der Waals surface area contributed by atoms with Crippen molar-refractivity contribution in [2.24, 2.45) is 5.84 Å². The lowest BCUT2D eigenvalue weighted by atomic mass is 10.3. The minimum atomic E-state index is -0.0834. The SMILES string of the molecule is CCCN(C)CCCC(=O)NN. The van der Waals surface area contributed by atoms with E-state index in [9.17, 15) is 4.79 Å². The third-order valence-electron chi connectivity index (χ3n) is 1.71. The van der Waals surface area contributed by atoms with Gasteiger partial charge in [0.05, 0.1) is 0 Å². The molecule has 3 N–H and O–H groups in total. The molecule has 4 heteroatoms. The van der Waals surface area contributed by atoms with E-state index in [-0.39, 0.29) is 5.91 Å². The first kappa shape index (κ1) is 11.4. The first-order valence-electron chi connectivity index (χ1n) is 4.38. The molecule has 0 atom stereocenters. The number of hydrogen-bond acceptors (Lipinski definition) is 3. The smallest absolute Gasteiger partial charge is 0.233 e. The topological polar surface area (TPSA) is 58.4 Å². The lowest BCUT2D eigenvalue weighted by molar-refractivity contribution is -0.121. The Morgan fingerprint density at radius 1 is 1.50 bits per heavy atom. The second-order valence-corrected chi connectivity index (χ2v) is 2.97. The zero-order valence-electron chi connectivity index (χ0n) is 7.97. The van der Waals surface area contributed by atoms with Crippen molar-refractivity contribution in [3.63, 3.8) is 0 Å². The largest absolute Gasteiger partial charge is 0.306 e. The summed E-state index contributed by atoms with van der Waals surface area (Å²) < 4.78 is 0. The number of nitrogens with two attached hydrogens (primary N) is 1. The maximum atomic E-state index is 10.7. The molecular formula is C8H19N3O. The number of carbonyl (C=O) groups is 1. The predicted octanol–water partition coefficient (Wildman–Crippen LogP) is 0.0983. The van der Waals surface area contributed by atoms with E-state index in [1.807, 2.05) is 0 Å². The number of nitrogens with zero attached hydrogens (tertiary/aromatic N) is 1. The molecule has 0 spiro atoms. The minimum absolute atomic E-state index is 0.0834. The van der Waals surface area contributed by atoms with Crippen molar-refractivity contribution in [3.05, 3.63) is 0 Å². The zero-order valence-corrected chi connectivity index (χ0v) is 7.97. The van der Waals surface area contributed by atoms with Crippen molar-refractivity contribution in [1.29, 1.82) is 0 Å². The van der Waals surface area contributed by atoms with Gasteiger partial charge in [0.1, 0.15) is 0 Å². The first-order chi connectivity index (χ1) is 5.70. The molecule has 0 saturated carbocycles. The fourth-order valence-corrected chi connectivity index (χ4v) is 1.08. The van der Waals surface area contributed by atoms with E-state index >= 15 is 0 Å². The van der Waals surface area contributed by atoms with Gasteiger partial charge >= 0.3 is 0 Å². The summed E-state index contributed by atoms with van der Waals surface area (Å²) in [6.45, 7) is 4.19. The molecule has 0 fully saturated rings. The molecule has 0 aliphatic carbocycles.